The Bertz CT molecular complexity index is 983. The number of aromatic hydroxyl groups is 2. The average Bonchev–Trinajstić information content (AvgIpc) is 3.30. The van der Waals surface area contributed by atoms with Crippen LogP contribution < -0.4 is 10.2 Å². The van der Waals surface area contributed by atoms with E-state index in [-0.39, 0.29) is 17.4 Å². The molecule has 1 unspecified atom stereocenters. The Kier molecular flexibility index (Phi) is 5.52. The van der Waals surface area contributed by atoms with Crippen LogP contribution in [0, 0.1) is 5.92 Å². The van der Waals surface area contributed by atoms with E-state index in [1.165, 1.54) is 11.3 Å². The molecule has 29 heavy (non-hydrogen) atoms. The molecule has 3 N–H and O–H groups in total. The molecule has 150 valence electrons. The summed E-state index contributed by atoms with van der Waals surface area (Å²) in [5, 5.41) is 24.6. The molecule has 0 aliphatic carbocycles. The summed E-state index contributed by atoms with van der Waals surface area (Å²) >= 11 is 1.38. The van der Waals surface area contributed by atoms with Crippen LogP contribution in [0.3, 0.4) is 0 Å². The smallest absolute Gasteiger partial charge is 0.274 e. The lowest BCUT2D eigenvalue weighted by molar-refractivity contribution is 0.0936. The van der Waals surface area contributed by atoms with Crippen LogP contribution in [0.2, 0.25) is 0 Å². The molecule has 0 aromatic carbocycles. The lowest BCUT2D eigenvalue weighted by Crippen LogP contribution is -2.41. The van der Waals surface area contributed by atoms with E-state index in [1.807, 2.05) is 11.4 Å². The SMILES string of the molecule is O=C(NCC1CCCN(c2ncccn2)C1)c1nc(-c2cccs2)nc(O)c1O. The molecule has 1 aliphatic rings. The van der Waals surface area contributed by atoms with Gasteiger partial charge in [-0.25, -0.2) is 15.0 Å². The van der Waals surface area contributed by atoms with E-state index < -0.39 is 17.5 Å². The molecule has 3 aromatic rings. The van der Waals surface area contributed by atoms with Crippen molar-refractivity contribution in [3.05, 3.63) is 41.7 Å². The van der Waals surface area contributed by atoms with Crippen LogP contribution in [0.25, 0.3) is 10.7 Å². The number of carbonyl (C=O) groups is 1. The number of anilines is 1. The Morgan fingerprint density at radius 1 is 1.24 bits per heavy atom. The third kappa shape index (κ3) is 4.27. The third-order valence-corrected chi connectivity index (χ3v) is 5.59. The van der Waals surface area contributed by atoms with Crippen molar-refractivity contribution in [3.8, 4) is 22.3 Å². The zero-order valence-corrected chi connectivity index (χ0v) is 16.3. The fourth-order valence-electron chi connectivity index (χ4n) is 3.31. The highest BCUT2D eigenvalue weighted by Gasteiger charge is 2.24. The van der Waals surface area contributed by atoms with Crippen molar-refractivity contribution in [2.24, 2.45) is 5.92 Å². The predicted molar refractivity (Wildman–Crippen MR) is 108 cm³/mol. The van der Waals surface area contributed by atoms with Gasteiger partial charge in [0.1, 0.15) is 0 Å². The van der Waals surface area contributed by atoms with Crippen molar-refractivity contribution < 1.29 is 15.0 Å². The van der Waals surface area contributed by atoms with Gasteiger partial charge in [0.25, 0.3) is 11.8 Å². The van der Waals surface area contributed by atoms with Crippen LogP contribution >= 0.6 is 11.3 Å². The van der Waals surface area contributed by atoms with E-state index in [4.69, 9.17) is 0 Å². The van der Waals surface area contributed by atoms with Gasteiger partial charge in [0.2, 0.25) is 11.7 Å². The van der Waals surface area contributed by atoms with Gasteiger partial charge in [-0.05, 0) is 36.3 Å². The molecule has 10 heteroatoms. The second-order valence-corrected chi connectivity index (χ2v) is 7.71. The van der Waals surface area contributed by atoms with Gasteiger partial charge in [0.05, 0.1) is 4.88 Å². The number of nitrogens with one attached hydrogen (secondary N) is 1. The second-order valence-electron chi connectivity index (χ2n) is 6.76. The van der Waals surface area contributed by atoms with Gasteiger partial charge in [-0.2, -0.15) is 4.98 Å². The summed E-state index contributed by atoms with van der Waals surface area (Å²) in [6.45, 7) is 2.02. The van der Waals surface area contributed by atoms with E-state index in [0.717, 1.165) is 25.9 Å². The molecule has 3 aromatic heterocycles. The number of piperidine rings is 1. The highest BCUT2D eigenvalue weighted by atomic mass is 32.1. The molecule has 0 bridgehead atoms. The first-order chi connectivity index (χ1) is 14.1. The summed E-state index contributed by atoms with van der Waals surface area (Å²) in [6.07, 6.45) is 5.36. The number of hydrogen-bond acceptors (Lipinski definition) is 9. The van der Waals surface area contributed by atoms with Crippen molar-refractivity contribution in [2.45, 2.75) is 12.8 Å². The molecule has 0 radical (unpaired) electrons. The minimum atomic E-state index is -0.620. The molecule has 1 amide bonds. The standard InChI is InChI=1S/C19H20N6O3S/c26-15-14(23-16(24-18(15)28)13-5-2-9-29-13)17(27)22-10-12-4-1-8-25(11-12)19-20-6-3-7-21-19/h2-3,5-7,9,12,26H,1,4,8,10-11H2,(H,22,27)(H,23,24,28). The third-order valence-electron chi connectivity index (χ3n) is 4.73. The Balaban J connectivity index is 1.43. The average molecular weight is 412 g/mol. The molecular formula is C19H20N6O3S. The van der Waals surface area contributed by atoms with Crippen molar-refractivity contribution in [1.82, 2.24) is 25.3 Å². The molecule has 4 rings (SSSR count). The van der Waals surface area contributed by atoms with E-state index >= 15 is 0 Å². The highest BCUT2D eigenvalue weighted by Crippen LogP contribution is 2.30. The Labute approximate surface area is 171 Å². The van der Waals surface area contributed by atoms with Crippen LogP contribution in [0.4, 0.5) is 5.95 Å². The predicted octanol–water partition coefficient (Wildman–Crippen LogP) is 2.05. The van der Waals surface area contributed by atoms with Crippen molar-refractivity contribution in [3.63, 3.8) is 0 Å². The number of thiophene rings is 1. The zero-order valence-electron chi connectivity index (χ0n) is 15.5. The maximum atomic E-state index is 12.6. The van der Waals surface area contributed by atoms with Crippen molar-refractivity contribution in [1.29, 1.82) is 0 Å². The summed E-state index contributed by atoms with van der Waals surface area (Å²) in [6, 6.07) is 5.37. The van der Waals surface area contributed by atoms with Gasteiger partial charge in [-0.15, -0.1) is 11.3 Å². The van der Waals surface area contributed by atoms with Crippen LogP contribution in [0.5, 0.6) is 11.6 Å². The molecular weight excluding hydrogens is 392 g/mol. The normalized spacial score (nSPS) is 16.6. The van der Waals surface area contributed by atoms with Gasteiger partial charge < -0.3 is 20.4 Å². The first-order valence-corrected chi connectivity index (χ1v) is 10.1. The van der Waals surface area contributed by atoms with Crippen LogP contribution in [-0.4, -0.2) is 55.7 Å². The second kappa shape index (κ2) is 8.39. The molecule has 1 atom stereocenters. The summed E-state index contributed by atoms with van der Waals surface area (Å²) < 4.78 is 0. The molecule has 1 fully saturated rings. The molecule has 1 aliphatic heterocycles. The van der Waals surface area contributed by atoms with Gasteiger partial charge in [-0.3, -0.25) is 4.79 Å². The first-order valence-electron chi connectivity index (χ1n) is 9.26. The van der Waals surface area contributed by atoms with Crippen LogP contribution in [0.15, 0.2) is 36.0 Å². The molecule has 0 saturated carbocycles. The summed E-state index contributed by atoms with van der Waals surface area (Å²) in [5.74, 6) is -0.686. The summed E-state index contributed by atoms with van der Waals surface area (Å²) in [5.41, 5.74) is -0.236. The molecule has 9 nitrogen and oxygen atoms in total. The van der Waals surface area contributed by atoms with E-state index in [2.05, 4.69) is 30.2 Å². The largest absolute Gasteiger partial charge is 0.501 e. The Morgan fingerprint density at radius 2 is 2.07 bits per heavy atom. The van der Waals surface area contributed by atoms with Gasteiger partial charge in [-0.1, -0.05) is 6.07 Å². The van der Waals surface area contributed by atoms with E-state index in [0.29, 0.717) is 17.4 Å². The number of aromatic nitrogens is 4. The zero-order chi connectivity index (χ0) is 20.2. The minimum Gasteiger partial charge on any atom is -0.501 e. The number of nitrogens with zero attached hydrogens (tertiary/aromatic N) is 5. The van der Waals surface area contributed by atoms with Gasteiger partial charge in [0, 0.05) is 32.0 Å². The lowest BCUT2D eigenvalue weighted by Gasteiger charge is -2.32. The summed E-state index contributed by atoms with van der Waals surface area (Å²) in [7, 11) is 0. The van der Waals surface area contributed by atoms with Crippen LogP contribution in [0.1, 0.15) is 23.3 Å². The fourth-order valence-corrected chi connectivity index (χ4v) is 3.96. The quantitative estimate of drug-likeness (QED) is 0.582. The number of carbonyl (C=O) groups excluding carboxylic acids is 1. The highest BCUT2D eigenvalue weighted by molar-refractivity contribution is 7.13. The van der Waals surface area contributed by atoms with Gasteiger partial charge >= 0.3 is 0 Å². The van der Waals surface area contributed by atoms with Crippen molar-refractivity contribution >= 4 is 23.2 Å². The van der Waals surface area contributed by atoms with Gasteiger partial charge in [0.15, 0.2) is 11.5 Å². The van der Waals surface area contributed by atoms with E-state index in [9.17, 15) is 15.0 Å². The van der Waals surface area contributed by atoms with Crippen LogP contribution in [-0.2, 0) is 0 Å². The first kappa shape index (κ1) is 19.1. The Hall–Kier alpha value is -3.27. The minimum absolute atomic E-state index is 0.200. The lowest BCUT2D eigenvalue weighted by atomic mass is 9.98. The molecule has 1 saturated heterocycles. The number of amides is 1. The van der Waals surface area contributed by atoms with E-state index in [1.54, 1.807) is 24.5 Å². The maximum absolute atomic E-state index is 12.6. The monoisotopic (exact) mass is 412 g/mol. The maximum Gasteiger partial charge on any atom is 0.274 e. The topological polar surface area (TPSA) is 124 Å². The fraction of sp³-hybridized carbons (Fsp3) is 0.316. The number of hydrogen-bond donors (Lipinski definition) is 3. The summed E-state index contributed by atoms with van der Waals surface area (Å²) in [4.78, 5) is 32.0. The molecule has 0 spiro atoms. The Morgan fingerprint density at radius 3 is 2.83 bits per heavy atom. The number of rotatable bonds is 5. The molecule has 4 heterocycles. The van der Waals surface area contributed by atoms with Crippen molar-refractivity contribution in [2.75, 3.05) is 24.5 Å².